The Bertz CT molecular complexity index is 1190. The molecule has 190 valence electrons. The standard InChI is InChI=1S/C29H35N3O2S2/c1-18-8-10-19(11-9-18)23-17-36-27(25(23)28(33)34-2)30-29(35)32-13-5-6-20-14-21-15-22(26(20)32)16-31-12-4-3-7-24(21)31/h8-11,14,17,21-22,24,26H,3-7,12-13,15-16H2,1-2H3,(H,30,35)/t21-,22+,24-,26+/m1/s1. The molecule has 2 bridgehead atoms. The predicted molar refractivity (Wildman–Crippen MR) is 151 cm³/mol. The summed E-state index contributed by atoms with van der Waals surface area (Å²) in [6.07, 6.45) is 10.3. The van der Waals surface area contributed by atoms with E-state index in [1.165, 1.54) is 69.2 Å². The largest absolute Gasteiger partial charge is 0.465 e. The molecule has 7 heteroatoms. The molecule has 0 amide bonds. The van der Waals surface area contributed by atoms with Gasteiger partial charge in [-0.25, -0.2) is 4.79 Å². The van der Waals surface area contributed by atoms with Crippen molar-refractivity contribution in [1.29, 1.82) is 0 Å². The number of carbonyl (C=O) groups excluding carboxylic acids is 1. The lowest BCUT2D eigenvalue weighted by molar-refractivity contribution is 0.0132. The molecule has 3 aliphatic heterocycles. The van der Waals surface area contributed by atoms with E-state index < -0.39 is 0 Å². The van der Waals surface area contributed by atoms with Crippen molar-refractivity contribution in [2.45, 2.75) is 57.5 Å². The van der Waals surface area contributed by atoms with Gasteiger partial charge in [0.05, 0.1) is 13.2 Å². The van der Waals surface area contributed by atoms with E-state index in [2.05, 4.69) is 52.4 Å². The lowest BCUT2D eigenvalue weighted by Gasteiger charge is -2.55. The number of benzene rings is 1. The number of ether oxygens (including phenoxy) is 1. The molecule has 0 saturated carbocycles. The second-order valence-electron chi connectivity index (χ2n) is 10.8. The van der Waals surface area contributed by atoms with Gasteiger partial charge >= 0.3 is 5.97 Å². The number of aryl methyl sites for hydroxylation is 1. The van der Waals surface area contributed by atoms with Gasteiger partial charge in [-0.05, 0) is 75.2 Å². The summed E-state index contributed by atoms with van der Waals surface area (Å²) in [7, 11) is 1.44. The number of nitrogens with one attached hydrogen (secondary N) is 1. The Morgan fingerprint density at radius 2 is 2.00 bits per heavy atom. The first-order valence-electron chi connectivity index (χ1n) is 13.3. The first-order valence-corrected chi connectivity index (χ1v) is 14.6. The molecule has 4 aliphatic rings. The van der Waals surface area contributed by atoms with Crippen LogP contribution in [-0.4, -0.2) is 59.7 Å². The van der Waals surface area contributed by atoms with E-state index in [-0.39, 0.29) is 5.97 Å². The average Bonchev–Trinajstić information content (AvgIpc) is 3.31. The monoisotopic (exact) mass is 521 g/mol. The zero-order valence-electron chi connectivity index (χ0n) is 21.2. The molecule has 3 fully saturated rings. The van der Waals surface area contributed by atoms with Crippen LogP contribution in [0.1, 0.15) is 54.4 Å². The van der Waals surface area contributed by atoms with Gasteiger partial charge in [0, 0.05) is 30.1 Å². The Labute approximate surface area is 223 Å². The number of esters is 1. The Kier molecular flexibility index (Phi) is 6.65. The van der Waals surface area contributed by atoms with Gasteiger partial charge in [-0.1, -0.05) is 47.9 Å². The van der Waals surface area contributed by atoms with Gasteiger partial charge in [-0.3, -0.25) is 4.90 Å². The number of carbonyl (C=O) groups is 1. The minimum atomic E-state index is -0.333. The van der Waals surface area contributed by atoms with Crippen LogP contribution in [0, 0.1) is 18.8 Å². The normalized spacial score (nSPS) is 27.5. The smallest absolute Gasteiger partial charge is 0.341 e. The van der Waals surface area contributed by atoms with Crippen LogP contribution < -0.4 is 5.32 Å². The van der Waals surface area contributed by atoms with Gasteiger partial charge in [-0.2, -0.15) is 0 Å². The van der Waals surface area contributed by atoms with Gasteiger partial charge in [0.25, 0.3) is 0 Å². The maximum absolute atomic E-state index is 12.9. The number of thiophene rings is 1. The molecule has 3 saturated heterocycles. The van der Waals surface area contributed by atoms with Gasteiger partial charge in [0.1, 0.15) is 10.6 Å². The predicted octanol–water partition coefficient (Wildman–Crippen LogP) is 6.10. The number of hydrogen-bond acceptors (Lipinski definition) is 5. The number of likely N-dealkylation sites (tertiary alicyclic amines) is 1. The van der Waals surface area contributed by atoms with Crippen LogP contribution in [0.25, 0.3) is 11.1 Å². The summed E-state index contributed by atoms with van der Waals surface area (Å²) in [5.41, 5.74) is 5.25. The molecule has 1 aliphatic carbocycles. The number of thiocarbonyl (C=S) groups is 1. The van der Waals surface area contributed by atoms with Crippen molar-refractivity contribution in [3.8, 4) is 11.1 Å². The van der Waals surface area contributed by atoms with E-state index in [1.54, 1.807) is 5.57 Å². The third-order valence-electron chi connectivity index (χ3n) is 8.68. The van der Waals surface area contributed by atoms with E-state index in [0.717, 1.165) is 40.2 Å². The molecule has 5 nitrogen and oxygen atoms in total. The molecule has 4 atom stereocenters. The molecule has 1 aromatic carbocycles. The molecule has 0 radical (unpaired) electrons. The first kappa shape index (κ1) is 24.1. The van der Waals surface area contributed by atoms with Crippen LogP contribution in [0.2, 0.25) is 0 Å². The molecule has 0 spiro atoms. The Morgan fingerprint density at radius 3 is 2.81 bits per heavy atom. The molecule has 0 unspecified atom stereocenters. The summed E-state index contributed by atoms with van der Waals surface area (Å²) in [5, 5.41) is 7.03. The van der Waals surface area contributed by atoms with Gasteiger partial charge in [-0.15, -0.1) is 11.3 Å². The highest BCUT2D eigenvalue weighted by Crippen LogP contribution is 2.45. The number of hydrogen-bond donors (Lipinski definition) is 1. The van der Waals surface area contributed by atoms with Gasteiger partial charge in [0.2, 0.25) is 0 Å². The van der Waals surface area contributed by atoms with Crippen molar-refractivity contribution in [1.82, 2.24) is 9.80 Å². The van der Waals surface area contributed by atoms with Crippen molar-refractivity contribution in [2.75, 3.05) is 32.1 Å². The Morgan fingerprint density at radius 1 is 1.17 bits per heavy atom. The second-order valence-corrected chi connectivity index (χ2v) is 12.1. The zero-order chi connectivity index (χ0) is 24.8. The van der Waals surface area contributed by atoms with Crippen LogP contribution in [0.4, 0.5) is 5.00 Å². The molecule has 1 N–H and O–H groups in total. The summed E-state index contributed by atoms with van der Waals surface area (Å²) in [4.78, 5) is 18.1. The molecular formula is C29H35N3O2S2. The zero-order valence-corrected chi connectivity index (χ0v) is 22.8. The van der Waals surface area contributed by atoms with Crippen LogP contribution in [0.15, 0.2) is 41.3 Å². The SMILES string of the molecule is COC(=O)c1c(-c2ccc(C)cc2)csc1NC(=S)N1CCCC2=C[C@@H]3C[C@@H](CN4CCCC[C@H]34)[C@H]21. The van der Waals surface area contributed by atoms with Crippen LogP contribution in [0.3, 0.4) is 0 Å². The third-order valence-corrected chi connectivity index (χ3v) is 9.91. The lowest BCUT2D eigenvalue weighted by atomic mass is 9.68. The fourth-order valence-corrected chi connectivity index (χ4v) is 8.40. The van der Waals surface area contributed by atoms with E-state index in [0.29, 0.717) is 23.4 Å². The van der Waals surface area contributed by atoms with E-state index in [9.17, 15) is 4.79 Å². The molecular weight excluding hydrogens is 486 g/mol. The molecule has 2 aromatic rings. The van der Waals surface area contributed by atoms with Crippen molar-refractivity contribution < 1.29 is 9.53 Å². The van der Waals surface area contributed by atoms with Gasteiger partial charge in [0.15, 0.2) is 5.11 Å². The minimum Gasteiger partial charge on any atom is -0.465 e. The van der Waals surface area contributed by atoms with Gasteiger partial charge < -0.3 is 15.0 Å². The Hall–Kier alpha value is -2.22. The number of anilines is 1. The van der Waals surface area contributed by atoms with E-state index in [4.69, 9.17) is 17.0 Å². The molecule has 36 heavy (non-hydrogen) atoms. The van der Waals surface area contributed by atoms with Crippen molar-refractivity contribution in [3.05, 3.63) is 52.4 Å². The topological polar surface area (TPSA) is 44.8 Å². The van der Waals surface area contributed by atoms with E-state index in [1.807, 2.05) is 5.38 Å². The van der Waals surface area contributed by atoms with Crippen molar-refractivity contribution in [3.63, 3.8) is 0 Å². The van der Waals surface area contributed by atoms with Crippen molar-refractivity contribution in [2.24, 2.45) is 11.8 Å². The second kappa shape index (κ2) is 9.92. The maximum atomic E-state index is 12.9. The number of nitrogens with zero attached hydrogens (tertiary/aromatic N) is 2. The summed E-state index contributed by atoms with van der Waals surface area (Å²) in [6.45, 7) is 5.46. The fraction of sp³-hybridized carbons (Fsp3) is 0.517. The Balaban J connectivity index is 1.27. The van der Waals surface area contributed by atoms with Crippen molar-refractivity contribution >= 4 is 39.6 Å². The highest BCUT2D eigenvalue weighted by Gasteiger charge is 2.46. The molecule has 1 aromatic heterocycles. The minimum absolute atomic E-state index is 0.333. The average molecular weight is 522 g/mol. The highest BCUT2D eigenvalue weighted by molar-refractivity contribution is 7.80. The van der Waals surface area contributed by atoms with Crippen LogP contribution in [-0.2, 0) is 4.74 Å². The summed E-state index contributed by atoms with van der Waals surface area (Å²) in [6, 6.07) is 9.38. The summed E-state index contributed by atoms with van der Waals surface area (Å²) < 4.78 is 5.19. The quantitative estimate of drug-likeness (QED) is 0.299. The number of rotatable bonds is 3. The summed E-state index contributed by atoms with van der Waals surface area (Å²) in [5.74, 6) is 0.994. The highest BCUT2D eigenvalue weighted by atomic mass is 32.1. The van der Waals surface area contributed by atoms with Crippen LogP contribution in [0.5, 0.6) is 0 Å². The van der Waals surface area contributed by atoms with Crippen LogP contribution >= 0.6 is 23.6 Å². The number of fused-ring (bicyclic) bond motifs is 6. The molecule has 6 rings (SSSR count). The lowest BCUT2D eigenvalue weighted by Crippen LogP contribution is -2.60. The third kappa shape index (κ3) is 4.29. The number of piperidine rings is 3. The summed E-state index contributed by atoms with van der Waals surface area (Å²) >= 11 is 7.57. The van der Waals surface area contributed by atoms with E-state index >= 15 is 0 Å². The fourth-order valence-electron chi connectivity index (χ4n) is 7.07. The molecule has 4 heterocycles. The maximum Gasteiger partial charge on any atom is 0.341 e. The first-order chi connectivity index (χ1) is 17.5. The number of methoxy groups -OCH3 is 1.